The fourth-order valence-corrected chi connectivity index (χ4v) is 2.91. The van der Waals surface area contributed by atoms with Crippen molar-refractivity contribution >= 4 is 17.6 Å². The third-order valence-corrected chi connectivity index (χ3v) is 4.52. The standard InChI is InChI=1S/C18H34ClFO2/c1-2-3-4-5-6-7-8-9-10-11-12-13-14-17(20)16(19)15-18(21)22/h16-17H,2-15H2,1H3,(H,21,22). The SMILES string of the molecule is CCCCCCCCCCCCCCC(F)C(Cl)CC(=O)O. The van der Waals surface area contributed by atoms with E-state index in [1.807, 2.05) is 0 Å². The van der Waals surface area contributed by atoms with Crippen LogP contribution in [0.4, 0.5) is 4.39 Å². The van der Waals surface area contributed by atoms with Crippen LogP contribution in [0.25, 0.3) is 0 Å². The molecule has 22 heavy (non-hydrogen) atoms. The Bertz CT molecular complexity index is 261. The van der Waals surface area contributed by atoms with Gasteiger partial charge in [0.05, 0.1) is 11.8 Å². The van der Waals surface area contributed by atoms with E-state index in [-0.39, 0.29) is 6.42 Å². The summed E-state index contributed by atoms with van der Waals surface area (Å²) in [7, 11) is 0. The molecule has 0 aliphatic carbocycles. The van der Waals surface area contributed by atoms with Crippen LogP contribution in [0.5, 0.6) is 0 Å². The lowest BCUT2D eigenvalue weighted by atomic mass is 10.0. The zero-order valence-corrected chi connectivity index (χ0v) is 14.9. The van der Waals surface area contributed by atoms with Crippen LogP contribution in [0.2, 0.25) is 0 Å². The normalized spacial score (nSPS) is 14.0. The van der Waals surface area contributed by atoms with Gasteiger partial charge >= 0.3 is 5.97 Å². The molecule has 0 aliphatic heterocycles. The number of halogens is 2. The van der Waals surface area contributed by atoms with Gasteiger partial charge in [-0.3, -0.25) is 4.79 Å². The maximum absolute atomic E-state index is 13.6. The van der Waals surface area contributed by atoms with E-state index in [1.54, 1.807) is 0 Å². The summed E-state index contributed by atoms with van der Waals surface area (Å²) in [6.45, 7) is 2.24. The van der Waals surface area contributed by atoms with Crippen LogP contribution in [-0.4, -0.2) is 22.6 Å². The monoisotopic (exact) mass is 336 g/mol. The maximum atomic E-state index is 13.6. The van der Waals surface area contributed by atoms with Crippen LogP contribution in [0.3, 0.4) is 0 Å². The van der Waals surface area contributed by atoms with Gasteiger partial charge in [-0.25, -0.2) is 4.39 Å². The molecule has 2 atom stereocenters. The lowest BCUT2D eigenvalue weighted by Crippen LogP contribution is -2.19. The van der Waals surface area contributed by atoms with E-state index in [4.69, 9.17) is 16.7 Å². The Balaban J connectivity index is 3.24. The molecule has 0 spiro atoms. The molecule has 1 N–H and O–H groups in total. The van der Waals surface area contributed by atoms with Crippen LogP contribution in [-0.2, 0) is 4.79 Å². The zero-order chi connectivity index (χ0) is 16.6. The van der Waals surface area contributed by atoms with Crippen LogP contribution >= 0.6 is 11.6 Å². The number of carbonyl (C=O) groups is 1. The second-order valence-electron chi connectivity index (χ2n) is 6.31. The molecular formula is C18H34ClFO2. The molecule has 132 valence electrons. The summed E-state index contributed by atoms with van der Waals surface area (Å²) in [5, 5.41) is 7.67. The lowest BCUT2D eigenvalue weighted by Gasteiger charge is -2.12. The van der Waals surface area contributed by atoms with Gasteiger partial charge in [0.1, 0.15) is 6.17 Å². The van der Waals surface area contributed by atoms with Crippen LogP contribution in [0, 0.1) is 0 Å². The Morgan fingerprint density at radius 3 is 1.73 bits per heavy atom. The van der Waals surface area contributed by atoms with Gasteiger partial charge in [0.15, 0.2) is 0 Å². The van der Waals surface area contributed by atoms with Crippen molar-refractivity contribution in [3.05, 3.63) is 0 Å². The molecule has 0 amide bonds. The highest BCUT2D eigenvalue weighted by Gasteiger charge is 2.20. The second kappa shape index (κ2) is 15.6. The smallest absolute Gasteiger partial charge is 0.304 e. The molecule has 0 aliphatic rings. The Hall–Kier alpha value is -0.310. The first-order chi connectivity index (χ1) is 10.6. The Morgan fingerprint density at radius 1 is 0.909 bits per heavy atom. The van der Waals surface area contributed by atoms with E-state index in [1.165, 1.54) is 57.8 Å². The zero-order valence-electron chi connectivity index (χ0n) is 14.2. The van der Waals surface area contributed by atoms with E-state index in [0.717, 1.165) is 19.3 Å². The number of hydrogen-bond acceptors (Lipinski definition) is 1. The van der Waals surface area contributed by atoms with Crippen molar-refractivity contribution in [2.75, 3.05) is 0 Å². The Morgan fingerprint density at radius 2 is 1.32 bits per heavy atom. The van der Waals surface area contributed by atoms with Gasteiger partial charge < -0.3 is 5.11 Å². The fourth-order valence-electron chi connectivity index (χ4n) is 2.66. The number of carboxylic acid groups (broad SMARTS) is 1. The number of hydrogen-bond donors (Lipinski definition) is 1. The predicted octanol–water partition coefficient (Wildman–Crippen LogP) is 6.50. The highest BCUT2D eigenvalue weighted by molar-refractivity contribution is 6.22. The Labute approximate surface area is 140 Å². The van der Waals surface area contributed by atoms with Gasteiger partial charge in [-0.1, -0.05) is 84.0 Å². The van der Waals surface area contributed by atoms with Crippen molar-refractivity contribution in [1.82, 2.24) is 0 Å². The van der Waals surface area contributed by atoms with E-state index < -0.39 is 17.5 Å². The molecule has 0 aromatic carbocycles. The summed E-state index contributed by atoms with van der Waals surface area (Å²) in [6, 6.07) is 0. The number of unbranched alkanes of at least 4 members (excludes halogenated alkanes) is 11. The molecule has 0 aromatic heterocycles. The summed E-state index contributed by atoms with van der Waals surface area (Å²) >= 11 is 5.71. The van der Waals surface area contributed by atoms with Gasteiger partial charge in [0.25, 0.3) is 0 Å². The van der Waals surface area contributed by atoms with Crippen molar-refractivity contribution in [1.29, 1.82) is 0 Å². The van der Waals surface area contributed by atoms with E-state index in [0.29, 0.717) is 6.42 Å². The van der Waals surface area contributed by atoms with Crippen LogP contribution < -0.4 is 0 Å². The molecule has 0 aromatic rings. The Kier molecular flexibility index (Phi) is 15.4. The highest BCUT2D eigenvalue weighted by atomic mass is 35.5. The van der Waals surface area contributed by atoms with Gasteiger partial charge in [0, 0.05) is 0 Å². The molecule has 0 rings (SSSR count). The van der Waals surface area contributed by atoms with Gasteiger partial charge in [0.2, 0.25) is 0 Å². The largest absolute Gasteiger partial charge is 0.481 e. The summed E-state index contributed by atoms with van der Waals surface area (Å²) in [5.74, 6) is -1.03. The highest BCUT2D eigenvalue weighted by Crippen LogP contribution is 2.19. The summed E-state index contributed by atoms with van der Waals surface area (Å²) in [4.78, 5) is 10.4. The van der Waals surface area contributed by atoms with Crippen molar-refractivity contribution in [2.24, 2.45) is 0 Å². The number of carboxylic acids is 1. The van der Waals surface area contributed by atoms with Gasteiger partial charge in [-0.2, -0.15) is 0 Å². The molecule has 0 radical (unpaired) electrons. The third-order valence-electron chi connectivity index (χ3n) is 4.10. The van der Waals surface area contributed by atoms with Crippen molar-refractivity contribution in [3.8, 4) is 0 Å². The molecule has 2 nitrogen and oxygen atoms in total. The van der Waals surface area contributed by atoms with E-state index in [2.05, 4.69) is 6.92 Å². The molecule has 0 bridgehead atoms. The minimum absolute atomic E-state index is 0.291. The maximum Gasteiger partial charge on any atom is 0.304 e. The first kappa shape index (κ1) is 21.7. The second-order valence-corrected chi connectivity index (χ2v) is 6.87. The van der Waals surface area contributed by atoms with Crippen molar-refractivity contribution in [2.45, 2.75) is 108 Å². The molecule has 4 heteroatoms. The molecular weight excluding hydrogens is 303 g/mol. The summed E-state index contributed by atoms with van der Waals surface area (Å²) in [5.41, 5.74) is 0. The third kappa shape index (κ3) is 14.6. The molecule has 0 fully saturated rings. The summed E-state index contributed by atoms with van der Waals surface area (Å²) in [6.07, 6.45) is 13.8. The van der Waals surface area contributed by atoms with Crippen molar-refractivity contribution in [3.63, 3.8) is 0 Å². The fraction of sp³-hybridized carbons (Fsp3) is 0.944. The van der Waals surface area contributed by atoms with Crippen LogP contribution in [0.1, 0.15) is 96.8 Å². The number of alkyl halides is 2. The molecule has 2 unspecified atom stereocenters. The number of aliphatic carboxylic acids is 1. The lowest BCUT2D eigenvalue weighted by molar-refractivity contribution is -0.137. The van der Waals surface area contributed by atoms with Gasteiger partial charge in [-0.15, -0.1) is 11.6 Å². The quantitative estimate of drug-likeness (QED) is 0.258. The first-order valence-electron chi connectivity index (χ1n) is 9.07. The van der Waals surface area contributed by atoms with Crippen molar-refractivity contribution < 1.29 is 14.3 Å². The van der Waals surface area contributed by atoms with E-state index in [9.17, 15) is 9.18 Å². The topological polar surface area (TPSA) is 37.3 Å². The minimum atomic E-state index is -1.19. The molecule has 0 saturated heterocycles. The number of rotatable bonds is 16. The average Bonchev–Trinajstić information content (AvgIpc) is 2.47. The van der Waals surface area contributed by atoms with Crippen LogP contribution in [0.15, 0.2) is 0 Å². The van der Waals surface area contributed by atoms with E-state index >= 15 is 0 Å². The summed E-state index contributed by atoms with van der Waals surface area (Å²) < 4.78 is 13.6. The molecule has 0 heterocycles. The van der Waals surface area contributed by atoms with Gasteiger partial charge in [-0.05, 0) is 6.42 Å². The minimum Gasteiger partial charge on any atom is -0.481 e. The predicted molar refractivity (Wildman–Crippen MR) is 92.5 cm³/mol. The molecule has 0 saturated carbocycles. The first-order valence-corrected chi connectivity index (χ1v) is 9.51. The average molecular weight is 337 g/mol.